The van der Waals surface area contributed by atoms with Crippen LogP contribution in [0.2, 0.25) is 0 Å². The molecule has 0 fully saturated rings. The SMILES string of the molecule is CCOc1cc(C=NNC(=O)c2ccc(C)cc2OC)ccc1OS(=O)(=O)c1ccc(C)cc1. The van der Waals surface area contributed by atoms with Crippen molar-refractivity contribution in [2.45, 2.75) is 25.7 Å². The van der Waals surface area contributed by atoms with Crippen LogP contribution >= 0.6 is 0 Å². The first-order chi connectivity index (χ1) is 16.2. The number of hydrogen-bond donors (Lipinski definition) is 1. The third-order valence-corrected chi connectivity index (χ3v) is 6.01. The second-order valence-electron chi connectivity index (χ2n) is 7.39. The number of methoxy groups -OCH3 is 1. The van der Waals surface area contributed by atoms with Gasteiger partial charge in [0.2, 0.25) is 0 Å². The van der Waals surface area contributed by atoms with E-state index in [1.165, 1.54) is 31.5 Å². The number of hydrazone groups is 1. The summed E-state index contributed by atoms with van der Waals surface area (Å²) in [5.41, 5.74) is 5.28. The van der Waals surface area contributed by atoms with Crippen LogP contribution in [-0.2, 0) is 10.1 Å². The maximum absolute atomic E-state index is 12.6. The predicted octanol–water partition coefficient (Wildman–Crippen LogP) is 4.24. The van der Waals surface area contributed by atoms with Crippen molar-refractivity contribution in [1.29, 1.82) is 0 Å². The lowest BCUT2D eigenvalue weighted by Gasteiger charge is -2.12. The van der Waals surface area contributed by atoms with E-state index in [9.17, 15) is 13.2 Å². The molecule has 0 aliphatic heterocycles. The molecule has 0 aromatic heterocycles. The van der Waals surface area contributed by atoms with Crippen molar-refractivity contribution in [3.8, 4) is 17.2 Å². The van der Waals surface area contributed by atoms with E-state index in [0.29, 0.717) is 23.5 Å². The highest BCUT2D eigenvalue weighted by molar-refractivity contribution is 7.87. The van der Waals surface area contributed by atoms with Crippen LogP contribution in [0.3, 0.4) is 0 Å². The summed E-state index contributed by atoms with van der Waals surface area (Å²) in [6.45, 7) is 5.84. The van der Waals surface area contributed by atoms with Gasteiger partial charge in [0.15, 0.2) is 11.5 Å². The van der Waals surface area contributed by atoms with Gasteiger partial charge in [0.1, 0.15) is 10.6 Å². The first-order valence-electron chi connectivity index (χ1n) is 10.5. The molecule has 0 atom stereocenters. The van der Waals surface area contributed by atoms with Gasteiger partial charge in [0.05, 0.1) is 25.5 Å². The molecule has 9 heteroatoms. The van der Waals surface area contributed by atoms with Crippen molar-refractivity contribution >= 4 is 22.2 Å². The van der Waals surface area contributed by atoms with Crippen LogP contribution in [0, 0.1) is 13.8 Å². The minimum atomic E-state index is -4.03. The van der Waals surface area contributed by atoms with Crippen LogP contribution in [0.25, 0.3) is 0 Å². The topological polar surface area (TPSA) is 103 Å². The zero-order chi connectivity index (χ0) is 24.7. The number of rotatable bonds is 9. The number of ether oxygens (including phenoxy) is 2. The van der Waals surface area contributed by atoms with Crippen LogP contribution in [0.15, 0.2) is 70.7 Å². The number of carbonyl (C=O) groups is 1. The molecule has 0 spiro atoms. The van der Waals surface area contributed by atoms with E-state index in [0.717, 1.165) is 11.1 Å². The maximum atomic E-state index is 12.6. The summed E-state index contributed by atoms with van der Waals surface area (Å²) in [4.78, 5) is 12.5. The zero-order valence-corrected chi connectivity index (χ0v) is 20.2. The van der Waals surface area contributed by atoms with Gasteiger partial charge in [-0.05, 0) is 74.4 Å². The molecule has 34 heavy (non-hydrogen) atoms. The number of hydrogen-bond acceptors (Lipinski definition) is 7. The molecule has 0 saturated carbocycles. The highest BCUT2D eigenvalue weighted by atomic mass is 32.2. The molecule has 0 bridgehead atoms. The Morgan fingerprint density at radius 2 is 1.65 bits per heavy atom. The van der Waals surface area contributed by atoms with Gasteiger partial charge < -0.3 is 13.7 Å². The fraction of sp³-hybridized carbons (Fsp3) is 0.200. The Bertz CT molecular complexity index is 1300. The number of benzene rings is 3. The quantitative estimate of drug-likeness (QED) is 0.278. The van der Waals surface area contributed by atoms with Gasteiger partial charge in [0.25, 0.3) is 5.91 Å². The molecule has 178 valence electrons. The molecule has 0 radical (unpaired) electrons. The predicted molar refractivity (Wildman–Crippen MR) is 129 cm³/mol. The van der Waals surface area contributed by atoms with Crippen molar-refractivity contribution < 1.29 is 26.9 Å². The normalized spacial score (nSPS) is 11.3. The average molecular weight is 483 g/mol. The van der Waals surface area contributed by atoms with Gasteiger partial charge in [-0.25, -0.2) is 5.43 Å². The Hall–Kier alpha value is -3.85. The molecule has 0 heterocycles. The molecule has 1 N–H and O–H groups in total. The molecule has 0 saturated heterocycles. The smallest absolute Gasteiger partial charge is 0.339 e. The summed E-state index contributed by atoms with van der Waals surface area (Å²) in [5, 5.41) is 3.98. The number of nitrogens with one attached hydrogen (secondary N) is 1. The first-order valence-corrected chi connectivity index (χ1v) is 11.9. The standard InChI is InChI=1S/C25H26N2O6S/c1-5-32-24-15-19(16-26-27-25(28)21-12-8-18(3)14-23(21)31-4)9-13-22(24)33-34(29,30)20-10-6-17(2)7-11-20/h6-16H,5H2,1-4H3,(H,27,28). The van der Waals surface area contributed by atoms with Crippen LogP contribution in [-0.4, -0.2) is 34.3 Å². The minimum Gasteiger partial charge on any atom is -0.496 e. The van der Waals surface area contributed by atoms with Crippen LogP contribution in [0.5, 0.6) is 17.2 Å². The summed E-state index contributed by atoms with van der Waals surface area (Å²) >= 11 is 0. The van der Waals surface area contributed by atoms with E-state index in [1.807, 2.05) is 13.8 Å². The first kappa shape index (κ1) is 24.8. The largest absolute Gasteiger partial charge is 0.496 e. The zero-order valence-electron chi connectivity index (χ0n) is 19.4. The molecule has 1 amide bonds. The maximum Gasteiger partial charge on any atom is 0.339 e. The lowest BCUT2D eigenvalue weighted by molar-refractivity contribution is 0.0952. The molecular weight excluding hydrogens is 456 g/mol. The van der Waals surface area contributed by atoms with Crippen LogP contribution in [0.1, 0.15) is 34.0 Å². The van der Waals surface area contributed by atoms with Crippen molar-refractivity contribution in [3.63, 3.8) is 0 Å². The summed E-state index contributed by atoms with van der Waals surface area (Å²) in [7, 11) is -2.54. The van der Waals surface area contributed by atoms with Gasteiger partial charge in [-0.1, -0.05) is 23.8 Å². The third kappa shape index (κ3) is 6.14. The Morgan fingerprint density at radius 3 is 2.32 bits per heavy atom. The molecular formula is C25H26N2O6S. The molecule has 8 nitrogen and oxygen atoms in total. The van der Waals surface area contributed by atoms with Crippen molar-refractivity contribution in [2.75, 3.05) is 13.7 Å². The third-order valence-electron chi connectivity index (χ3n) is 4.76. The highest BCUT2D eigenvalue weighted by Crippen LogP contribution is 2.31. The van der Waals surface area contributed by atoms with Crippen molar-refractivity contribution in [2.24, 2.45) is 5.10 Å². The van der Waals surface area contributed by atoms with E-state index in [2.05, 4.69) is 10.5 Å². The molecule has 3 aromatic rings. The second-order valence-corrected chi connectivity index (χ2v) is 8.94. The number of carbonyl (C=O) groups excluding carboxylic acids is 1. The van der Waals surface area contributed by atoms with Crippen LogP contribution < -0.4 is 19.1 Å². The monoisotopic (exact) mass is 482 g/mol. The molecule has 3 rings (SSSR count). The lowest BCUT2D eigenvalue weighted by atomic mass is 10.1. The lowest BCUT2D eigenvalue weighted by Crippen LogP contribution is -2.18. The van der Waals surface area contributed by atoms with E-state index in [-0.39, 0.29) is 16.4 Å². The average Bonchev–Trinajstić information content (AvgIpc) is 2.80. The van der Waals surface area contributed by atoms with E-state index in [1.54, 1.807) is 49.4 Å². The van der Waals surface area contributed by atoms with Crippen molar-refractivity contribution in [3.05, 3.63) is 82.9 Å². The van der Waals surface area contributed by atoms with Gasteiger partial charge in [-0.15, -0.1) is 0 Å². The molecule has 0 aliphatic carbocycles. The van der Waals surface area contributed by atoms with E-state index in [4.69, 9.17) is 13.7 Å². The fourth-order valence-corrected chi connectivity index (χ4v) is 3.96. The Labute approximate surface area is 199 Å². The minimum absolute atomic E-state index is 0.0421. The molecule has 0 unspecified atom stereocenters. The summed E-state index contributed by atoms with van der Waals surface area (Å²) in [6.07, 6.45) is 1.42. The summed E-state index contributed by atoms with van der Waals surface area (Å²) in [5.74, 6) is 0.298. The van der Waals surface area contributed by atoms with E-state index < -0.39 is 16.0 Å². The Morgan fingerprint density at radius 1 is 0.941 bits per heavy atom. The Kier molecular flexibility index (Phi) is 7.91. The van der Waals surface area contributed by atoms with Gasteiger partial charge in [-0.3, -0.25) is 4.79 Å². The van der Waals surface area contributed by atoms with E-state index >= 15 is 0 Å². The summed E-state index contributed by atoms with van der Waals surface area (Å²) in [6, 6.07) is 16.2. The molecule has 3 aromatic carbocycles. The van der Waals surface area contributed by atoms with Gasteiger partial charge >= 0.3 is 10.1 Å². The number of nitrogens with zero attached hydrogens (tertiary/aromatic N) is 1. The fourth-order valence-electron chi connectivity index (χ4n) is 3.03. The van der Waals surface area contributed by atoms with Gasteiger partial charge in [-0.2, -0.15) is 13.5 Å². The second kappa shape index (κ2) is 10.8. The van der Waals surface area contributed by atoms with Crippen molar-refractivity contribution in [1.82, 2.24) is 5.43 Å². The summed E-state index contributed by atoms with van der Waals surface area (Å²) < 4.78 is 41.4. The van der Waals surface area contributed by atoms with Crippen LogP contribution in [0.4, 0.5) is 0 Å². The number of amides is 1. The number of aryl methyl sites for hydroxylation is 2. The molecule has 0 aliphatic rings. The Balaban J connectivity index is 1.76. The highest BCUT2D eigenvalue weighted by Gasteiger charge is 2.19. The van der Waals surface area contributed by atoms with Gasteiger partial charge in [0, 0.05) is 0 Å².